The molecule has 0 spiro atoms. The molecule has 3 unspecified atom stereocenters. The molecule has 0 aliphatic carbocycles. The van der Waals surface area contributed by atoms with Crippen LogP contribution in [-0.4, -0.2) is 37.7 Å². The smallest absolute Gasteiger partial charge is 0.127 e. The van der Waals surface area contributed by atoms with Crippen LogP contribution in [0, 0.1) is 11.7 Å². The molecular weight excluding hydrogens is 255 g/mol. The van der Waals surface area contributed by atoms with Crippen LogP contribution >= 0.6 is 0 Å². The van der Waals surface area contributed by atoms with E-state index in [0.29, 0.717) is 18.2 Å². The number of benzene rings is 1. The van der Waals surface area contributed by atoms with E-state index in [0.717, 1.165) is 13.1 Å². The minimum atomic E-state index is -0.292. The summed E-state index contributed by atoms with van der Waals surface area (Å²) in [5.41, 5.74) is 6.81. The molecule has 3 nitrogen and oxygen atoms in total. The zero-order valence-corrected chi connectivity index (χ0v) is 13.0. The Bertz CT molecular complexity index is 400. The molecule has 0 heterocycles. The van der Waals surface area contributed by atoms with Gasteiger partial charge in [0.2, 0.25) is 0 Å². The lowest BCUT2D eigenvalue weighted by Gasteiger charge is -2.32. The van der Waals surface area contributed by atoms with E-state index in [2.05, 4.69) is 25.7 Å². The summed E-state index contributed by atoms with van der Waals surface area (Å²) < 4.78 is 19.0. The number of nitrogens with zero attached hydrogens (tertiary/aromatic N) is 1. The number of likely N-dealkylation sites (N-methyl/N-ethyl adjacent to an activating group) is 1. The highest BCUT2D eigenvalue weighted by atomic mass is 19.1. The van der Waals surface area contributed by atoms with Crippen LogP contribution in [0.4, 0.5) is 4.39 Å². The van der Waals surface area contributed by atoms with Crippen LogP contribution in [0.2, 0.25) is 0 Å². The Kier molecular flexibility index (Phi) is 7.13. The molecule has 114 valence electrons. The maximum Gasteiger partial charge on any atom is 0.127 e. The van der Waals surface area contributed by atoms with Crippen LogP contribution in [0.3, 0.4) is 0 Å². The molecular formula is C16H27FN2O. The number of hydrogen-bond acceptors (Lipinski definition) is 3. The highest BCUT2D eigenvalue weighted by molar-refractivity contribution is 5.21. The molecule has 0 aromatic heterocycles. The fourth-order valence-electron chi connectivity index (χ4n) is 2.50. The molecule has 4 heteroatoms. The lowest BCUT2D eigenvalue weighted by molar-refractivity contribution is 0.0901. The predicted octanol–water partition coefficient (Wildman–Crippen LogP) is 2.82. The summed E-state index contributed by atoms with van der Waals surface area (Å²) >= 11 is 0. The Morgan fingerprint density at radius 1 is 1.30 bits per heavy atom. The molecule has 20 heavy (non-hydrogen) atoms. The minimum absolute atomic E-state index is 0.172. The molecule has 0 aliphatic rings. The van der Waals surface area contributed by atoms with Crippen molar-refractivity contribution >= 4 is 0 Å². The molecule has 0 saturated carbocycles. The van der Waals surface area contributed by atoms with Crippen LogP contribution in [0.25, 0.3) is 0 Å². The van der Waals surface area contributed by atoms with Crippen LogP contribution in [0.1, 0.15) is 32.4 Å². The molecule has 2 N–H and O–H groups in total. The van der Waals surface area contributed by atoms with Crippen LogP contribution in [-0.2, 0) is 4.74 Å². The Morgan fingerprint density at radius 2 is 1.95 bits per heavy atom. The van der Waals surface area contributed by atoms with Crippen LogP contribution < -0.4 is 5.73 Å². The van der Waals surface area contributed by atoms with E-state index in [9.17, 15) is 4.39 Å². The Balaban J connectivity index is 2.69. The Morgan fingerprint density at radius 3 is 2.50 bits per heavy atom. The van der Waals surface area contributed by atoms with Gasteiger partial charge in [-0.3, -0.25) is 4.90 Å². The van der Waals surface area contributed by atoms with Gasteiger partial charge in [-0.1, -0.05) is 32.0 Å². The summed E-state index contributed by atoms with van der Waals surface area (Å²) in [5, 5.41) is 0. The van der Waals surface area contributed by atoms with Gasteiger partial charge in [0.05, 0.1) is 6.61 Å². The van der Waals surface area contributed by atoms with Gasteiger partial charge in [-0.15, -0.1) is 0 Å². The monoisotopic (exact) mass is 282 g/mol. The predicted molar refractivity (Wildman–Crippen MR) is 81.1 cm³/mol. The lowest BCUT2D eigenvalue weighted by atomic mass is 9.94. The third-order valence-electron chi connectivity index (χ3n) is 3.84. The molecule has 1 aromatic rings. The van der Waals surface area contributed by atoms with E-state index in [1.54, 1.807) is 19.2 Å². The van der Waals surface area contributed by atoms with Crippen molar-refractivity contribution < 1.29 is 9.13 Å². The molecule has 1 aromatic carbocycles. The van der Waals surface area contributed by atoms with Crippen molar-refractivity contribution in [1.82, 2.24) is 4.90 Å². The zero-order valence-electron chi connectivity index (χ0n) is 13.0. The van der Waals surface area contributed by atoms with Gasteiger partial charge in [-0.05, 0) is 25.5 Å². The van der Waals surface area contributed by atoms with Crippen molar-refractivity contribution in [3.05, 3.63) is 35.6 Å². The fraction of sp³-hybridized carbons (Fsp3) is 0.625. The maximum atomic E-state index is 13.8. The Labute approximate surface area is 121 Å². The van der Waals surface area contributed by atoms with Gasteiger partial charge in [-0.25, -0.2) is 4.39 Å². The minimum Gasteiger partial charge on any atom is -0.383 e. The Hall–Kier alpha value is -0.970. The molecule has 0 saturated heterocycles. The summed E-state index contributed by atoms with van der Waals surface area (Å²) in [6.45, 7) is 8.77. The van der Waals surface area contributed by atoms with Gasteiger partial charge < -0.3 is 10.5 Å². The van der Waals surface area contributed by atoms with Gasteiger partial charge in [0.1, 0.15) is 5.82 Å². The van der Waals surface area contributed by atoms with E-state index >= 15 is 0 Å². The standard InChI is InChI=1S/C16H27FN2O/c1-5-19(13(3)11-20-4)10-12(2)16(18)14-8-6-7-9-15(14)17/h6-9,12-13,16H,5,10-11,18H2,1-4H3. The SMILES string of the molecule is CCN(CC(C)C(N)c1ccccc1F)C(C)COC. The first-order valence-corrected chi connectivity index (χ1v) is 7.24. The van der Waals surface area contributed by atoms with Crippen molar-refractivity contribution in [2.45, 2.75) is 32.9 Å². The first-order chi connectivity index (χ1) is 9.51. The number of ether oxygens (including phenoxy) is 1. The normalized spacial score (nSPS) is 16.1. The number of nitrogens with two attached hydrogens (primary N) is 1. The first kappa shape index (κ1) is 17.1. The molecule has 0 fully saturated rings. The number of methoxy groups -OCH3 is 1. The highest BCUT2D eigenvalue weighted by Gasteiger charge is 2.22. The second-order valence-corrected chi connectivity index (χ2v) is 5.42. The van der Waals surface area contributed by atoms with Gasteiger partial charge in [-0.2, -0.15) is 0 Å². The maximum absolute atomic E-state index is 13.8. The van der Waals surface area contributed by atoms with E-state index in [1.165, 1.54) is 6.07 Å². The number of rotatable bonds is 8. The largest absolute Gasteiger partial charge is 0.383 e. The average molecular weight is 282 g/mol. The summed E-state index contributed by atoms with van der Waals surface area (Å²) in [4.78, 5) is 2.31. The van der Waals surface area contributed by atoms with Gasteiger partial charge >= 0.3 is 0 Å². The van der Waals surface area contributed by atoms with Crippen molar-refractivity contribution in [2.24, 2.45) is 11.7 Å². The fourth-order valence-corrected chi connectivity index (χ4v) is 2.50. The van der Waals surface area contributed by atoms with E-state index in [4.69, 9.17) is 10.5 Å². The topological polar surface area (TPSA) is 38.5 Å². The molecule has 0 bridgehead atoms. The molecule has 0 aliphatic heterocycles. The van der Waals surface area contributed by atoms with Crippen LogP contribution in [0.5, 0.6) is 0 Å². The van der Waals surface area contributed by atoms with Crippen molar-refractivity contribution in [3.8, 4) is 0 Å². The summed E-state index contributed by atoms with van der Waals surface area (Å²) in [6, 6.07) is 6.80. The van der Waals surface area contributed by atoms with E-state index in [1.807, 2.05) is 6.07 Å². The van der Waals surface area contributed by atoms with E-state index in [-0.39, 0.29) is 17.8 Å². The molecule has 1 rings (SSSR count). The average Bonchev–Trinajstić information content (AvgIpc) is 2.44. The second-order valence-electron chi connectivity index (χ2n) is 5.42. The quantitative estimate of drug-likeness (QED) is 0.797. The van der Waals surface area contributed by atoms with Crippen molar-refractivity contribution in [2.75, 3.05) is 26.8 Å². The summed E-state index contributed by atoms with van der Waals surface area (Å²) in [7, 11) is 1.71. The van der Waals surface area contributed by atoms with Gasteiger partial charge in [0, 0.05) is 31.3 Å². The van der Waals surface area contributed by atoms with Gasteiger partial charge in [0.15, 0.2) is 0 Å². The number of halogens is 1. The van der Waals surface area contributed by atoms with Crippen LogP contribution in [0.15, 0.2) is 24.3 Å². The first-order valence-electron chi connectivity index (χ1n) is 7.24. The van der Waals surface area contributed by atoms with E-state index < -0.39 is 0 Å². The zero-order chi connectivity index (χ0) is 15.1. The molecule has 0 amide bonds. The third kappa shape index (κ3) is 4.54. The second kappa shape index (κ2) is 8.35. The van der Waals surface area contributed by atoms with Crippen molar-refractivity contribution in [1.29, 1.82) is 0 Å². The van der Waals surface area contributed by atoms with Gasteiger partial charge in [0.25, 0.3) is 0 Å². The lowest BCUT2D eigenvalue weighted by Crippen LogP contribution is -2.41. The molecule has 0 radical (unpaired) electrons. The number of hydrogen-bond donors (Lipinski definition) is 1. The summed E-state index contributed by atoms with van der Waals surface area (Å²) in [6.07, 6.45) is 0. The summed E-state index contributed by atoms with van der Waals surface area (Å²) in [5.74, 6) is -0.0500. The van der Waals surface area contributed by atoms with Crippen molar-refractivity contribution in [3.63, 3.8) is 0 Å². The highest BCUT2D eigenvalue weighted by Crippen LogP contribution is 2.23. The molecule has 3 atom stereocenters. The third-order valence-corrected chi connectivity index (χ3v) is 3.84.